The molecular formula is C13H19N5O3. The van der Waals surface area contributed by atoms with E-state index in [1.54, 1.807) is 4.90 Å². The number of carbonyl (C=O) groups is 2. The van der Waals surface area contributed by atoms with Gasteiger partial charge < -0.3 is 15.0 Å². The molecule has 8 heteroatoms. The summed E-state index contributed by atoms with van der Waals surface area (Å²) < 4.78 is 5.66. The van der Waals surface area contributed by atoms with Crippen LogP contribution in [-0.2, 0) is 20.7 Å². The molecule has 0 unspecified atom stereocenters. The molecule has 1 aromatic rings. The van der Waals surface area contributed by atoms with Crippen LogP contribution in [0.5, 0.6) is 0 Å². The Morgan fingerprint density at radius 3 is 3.05 bits per heavy atom. The number of nitrogens with zero attached hydrogens (tertiary/aromatic N) is 3. The van der Waals surface area contributed by atoms with Crippen molar-refractivity contribution in [2.24, 2.45) is 0 Å². The largest absolute Gasteiger partial charge is 0.366 e. The smallest absolute Gasteiger partial charge is 0.245 e. The number of hydrogen-bond donors (Lipinski definition) is 2. The van der Waals surface area contributed by atoms with E-state index in [-0.39, 0.29) is 17.9 Å². The van der Waals surface area contributed by atoms with Crippen LogP contribution in [0.2, 0.25) is 0 Å². The summed E-state index contributed by atoms with van der Waals surface area (Å²) in [5.74, 6) is 1.29. The first kappa shape index (κ1) is 14.0. The van der Waals surface area contributed by atoms with Crippen LogP contribution in [-0.4, -0.2) is 57.6 Å². The van der Waals surface area contributed by atoms with E-state index in [9.17, 15) is 9.59 Å². The predicted molar refractivity (Wildman–Crippen MR) is 72.2 cm³/mol. The molecule has 2 aliphatic rings. The van der Waals surface area contributed by atoms with Crippen LogP contribution < -0.4 is 5.32 Å². The molecule has 1 aromatic heterocycles. The maximum absolute atomic E-state index is 12.4. The minimum absolute atomic E-state index is 0.0413. The Hall–Kier alpha value is -1.96. The van der Waals surface area contributed by atoms with Crippen LogP contribution in [0.25, 0.3) is 0 Å². The van der Waals surface area contributed by atoms with Crippen LogP contribution in [0, 0.1) is 0 Å². The Kier molecular flexibility index (Phi) is 3.87. The number of aromatic nitrogens is 3. The van der Waals surface area contributed by atoms with Crippen LogP contribution in [0.15, 0.2) is 0 Å². The van der Waals surface area contributed by atoms with Crippen molar-refractivity contribution < 1.29 is 14.3 Å². The van der Waals surface area contributed by atoms with E-state index in [0.29, 0.717) is 38.4 Å². The number of amides is 2. The first-order valence-corrected chi connectivity index (χ1v) is 7.28. The van der Waals surface area contributed by atoms with E-state index >= 15 is 0 Å². The Morgan fingerprint density at radius 1 is 1.52 bits per heavy atom. The zero-order valence-corrected chi connectivity index (χ0v) is 12.0. The number of H-pyrrole nitrogens is 1. The SMILES string of the molecule is CCc1nc([C@@H]2CN(C(=O)[C@@H]3CCC(=O)N3)CCO2)n[nH]1. The molecule has 0 saturated carbocycles. The van der Waals surface area contributed by atoms with Crippen LogP contribution in [0.1, 0.15) is 37.5 Å². The normalized spacial score (nSPS) is 26.0. The maximum atomic E-state index is 12.4. The van der Waals surface area contributed by atoms with Gasteiger partial charge in [-0.05, 0) is 6.42 Å². The average Bonchev–Trinajstić information content (AvgIpc) is 3.15. The second kappa shape index (κ2) is 5.80. The molecule has 0 bridgehead atoms. The van der Waals surface area contributed by atoms with Gasteiger partial charge in [0, 0.05) is 19.4 Å². The molecule has 114 valence electrons. The van der Waals surface area contributed by atoms with Gasteiger partial charge in [0.25, 0.3) is 0 Å². The lowest BCUT2D eigenvalue weighted by Crippen LogP contribution is -2.49. The molecule has 21 heavy (non-hydrogen) atoms. The molecule has 3 rings (SSSR count). The molecule has 2 atom stereocenters. The minimum Gasteiger partial charge on any atom is -0.366 e. The van der Waals surface area contributed by atoms with Gasteiger partial charge in [0.2, 0.25) is 11.8 Å². The third-order valence-corrected chi connectivity index (χ3v) is 3.84. The van der Waals surface area contributed by atoms with Gasteiger partial charge in [-0.15, -0.1) is 0 Å². The predicted octanol–water partition coefficient (Wildman–Crippen LogP) is -0.454. The molecule has 0 radical (unpaired) electrons. The van der Waals surface area contributed by atoms with Crippen molar-refractivity contribution in [1.29, 1.82) is 0 Å². The number of aryl methyl sites for hydroxylation is 1. The van der Waals surface area contributed by atoms with Gasteiger partial charge in [-0.3, -0.25) is 14.7 Å². The monoisotopic (exact) mass is 293 g/mol. The highest BCUT2D eigenvalue weighted by Crippen LogP contribution is 2.21. The standard InChI is InChI=1S/C13H19N5O3/c1-2-10-15-12(17-16-10)9-7-18(5-6-21-9)13(20)8-3-4-11(19)14-8/h8-9H,2-7H2,1H3,(H,14,19)(H,15,16,17)/t8-,9-/m0/s1. The number of carbonyl (C=O) groups excluding carboxylic acids is 2. The summed E-state index contributed by atoms with van der Waals surface area (Å²) in [6, 6.07) is -0.394. The number of hydrogen-bond acceptors (Lipinski definition) is 5. The number of morpholine rings is 1. The lowest BCUT2D eigenvalue weighted by Gasteiger charge is -2.33. The summed E-state index contributed by atoms with van der Waals surface area (Å²) in [6.07, 6.45) is 1.46. The summed E-state index contributed by atoms with van der Waals surface area (Å²) >= 11 is 0. The van der Waals surface area contributed by atoms with E-state index in [0.717, 1.165) is 12.2 Å². The summed E-state index contributed by atoms with van der Waals surface area (Å²) in [4.78, 5) is 29.7. The molecule has 2 saturated heterocycles. The van der Waals surface area contributed by atoms with Gasteiger partial charge >= 0.3 is 0 Å². The quantitative estimate of drug-likeness (QED) is 0.786. The fourth-order valence-corrected chi connectivity index (χ4v) is 2.64. The van der Waals surface area contributed by atoms with Crippen molar-refractivity contribution >= 4 is 11.8 Å². The topological polar surface area (TPSA) is 100 Å². The van der Waals surface area contributed by atoms with E-state index < -0.39 is 6.04 Å². The Bertz CT molecular complexity index is 544. The van der Waals surface area contributed by atoms with Crippen molar-refractivity contribution in [2.45, 2.75) is 38.3 Å². The second-order valence-electron chi connectivity index (χ2n) is 5.30. The van der Waals surface area contributed by atoms with E-state index in [1.807, 2.05) is 6.92 Å². The molecule has 2 N–H and O–H groups in total. The highest BCUT2D eigenvalue weighted by molar-refractivity contribution is 5.90. The van der Waals surface area contributed by atoms with Crippen molar-refractivity contribution in [3.8, 4) is 0 Å². The number of nitrogens with one attached hydrogen (secondary N) is 2. The molecule has 0 aliphatic carbocycles. The third kappa shape index (κ3) is 2.90. The highest BCUT2D eigenvalue weighted by Gasteiger charge is 2.34. The first-order chi connectivity index (χ1) is 10.2. The first-order valence-electron chi connectivity index (χ1n) is 7.28. The highest BCUT2D eigenvalue weighted by atomic mass is 16.5. The fraction of sp³-hybridized carbons (Fsp3) is 0.692. The lowest BCUT2D eigenvalue weighted by molar-refractivity contribution is -0.142. The Labute approximate surface area is 122 Å². The van der Waals surface area contributed by atoms with Crippen LogP contribution in [0.4, 0.5) is 0 Å². The molecule has 2 amide bonds. The third-order valence-electron chi connectivity index (χ3n) is 3.84. The number of aromatic amines is 1. The van der Waals surface area contributed by atoms with Crippen LogP contribution in [0.3, 0.4) is 0 Å². The van der Waals surface area contributed by atoms with Crippen LogP contribution >= 0.6 is 0 Å². The van der Waals surface area contributed by atoms with Gasteiger partial charge in [0.15, 0.2) is 5.82 Å². The van der Waals surface area contributed by atoms with E-state index in [2.05, 4.69) is 20.5 Å². The van der Waals surface area contributed by atoms with Crippen molar-refractivity contribution in [2.75, 3.05) is 19.7 Å². The molecule has 0 spiro atoms. The zero-order valence-electron chi connectivity index (χ0n) is 12.0. The summed E-state index contributed by atoms with van der Waals surface area (Å²) in [5, 5.41) is 9.71. The average molecular weight is 293 g/mol. The Balaban J connectivity index is 1.65. The summed E-state index contributed by atoms with van der Waals surface area (Å²) in [6.45, 7) is 3.40. The van der Waals surface area contributed by atoms with E-state index in [1.165, 1.54) is 0 Å². The minimum atomic E-state index is -0.394. The van der Waals surface area contributed by atoms with Gasteiger partial charge in [-0.2, -0.15) is 5.10 Å². The molecular weight excluding hydrogens is 274 g/mol. The molecule has 2 aliphatic heterocycles. The molecule has 8 nitrogen and oxygen atoms in total. The fourth-order valence-electron chi connectivity index (χ4n) is 2.64. The number of ether oxygens (including phenoxy) is 1. The summed E-state index contributed by atoms with van der Waals surface area (Å²) in [7, 11) is 0. The number of rotatable bonds is 3. The van der Waals surface area contributed by atoms with Crippen molar-refractivity contribution in [1.82, 2.24) is 25.4 Å². The van der Waals surface area contributed by atoms with Gasteiger partial charge in [-0.1, -0.05) is 6.92 Å². The second-order valence-corrected chi connectivity index (χ2v) is 5.30. The summed E-state index contributed by atoms with van der Waals surface area (Å²) in [5.41, 5.74) is 0. The van der Waals surface area contributed by atoms with Gasteiger partial charge in [0.05, 0.1) is 13.2 Å². The molecule has 3 heterocycles. The molecule has 2 fully saturated rings. The zero-order chi connectivity index (χ0) is 14.8. The van der Waals surface area contributed by atoms with Crippen molar-refractivity contribution in [3.05, 3.63) is 11.6 Å². The lowest BCUT2D eigenvalue weighted by atomic mass is 10.1. The van der Waals surface area contributed by atoms with Gasteiger partial charge in [0.1, 0.15) is 18.0 Å². The Morgan fingerprint density at radius 2 is 2.38 bits per heavy atom. The molecule has 0 aromatic carbocycles. The maximum Gasteiger partial charge on any atom is 0.245 e. The van der Waals surface area contributed by atoms with E-state index in [4.69, 9.17) is 4.74 Å². The van der Waals surface area contributed by atoms with Crippen molar-refractivity contribution in [3.63, 3.8) is 0 Å². The van der Waals surface area contributed by atoms with Gasteiger partial charge in [-0.25, -0.2) is 4.98 Å².